The molecule has 0 saturated carbocycles. The summed E-state index contributed by atoms with van der Waals surface area (Å²) in [6.45, 7) is 3.83. The number of ether oxygens (including phenoxy) is 1. The van der Waals surface area contributed by atoms with Gasteiger partial charge in [0.2, 0.25) is 0 Å². The Labute approximate surface area is 113 Å². The maximum Gasteiger partial charge on any atom is 0.335 e. The molecule has 5 heteroatoms. The van der Waals surface area contributed by atoms with E-state index in [0.717, 1.165) is 31.6 Å². The first-order valence-corrected chi connectivity index (χ1v) is 6.55. The van der Waals surface area contributed by atoms with Crippen molar-refractivity contribution in [2.24, 2.45) is 5.73 Å². The number of benzene rings is 1. The van der Waals surface area contributed by atoms with Crippen molar-refractivity contribution in [3.8, 4) is 0 Å². The van der Waals surface area contributed by atoms with Crippen molar-refractivity contribution in [2.75, 3.05) is 26.2 Å². The first-order valence-electron chi connectivity index (χ1n) is 6.55. The molecular weight excluding hydrogens is 244 g/mol. The summed E-state index contributed by atoms with van der Waals surface area (Å²) in [4.78, 5) is 13.2. The molecule has 1 heterocycles. The highest BCUT2D eigenvalue weighted by Gasteiger charge is 2.19. The molecule has 0 aliphatic carbocycles. The van der Waals surface area contributed by atoms with Gasteiger partial charge in [-0.3, -0.25) is 4.90 Å². The number of carboxylic acids is 1. The number of morpholine rings is 1. The third-order valence-corrected chi connectivity index (χ3v) is 3.29. The van der Waals surface area contributed by atoms with Gasteiger partial charge in [-0.1, -0.05) is 12.1 Å². The van der Waals surface area contributed by atoms with Crippen LogP contribution in [0, 0.1) is 0 Å². The number of carbonyl (C=O) groups is 1. The van der Waals surface area contributed by atoms with Crippen LogP contribution in [0.25, 0.3) is 0 Å². The standard InChI is InChI=1S/C14H20N2O3/c15-5-4-13-10-16(6-7-19-13)9-11-2-1-3-12(8-11)14(17)18/h1-3,8,13H,4-7,9-10,15H2,(H,17,18). The summed E-state index contributed by atoms with van der Waals surface area (Å²) in [6, 6.07) is 7.09. The maximum absolute atomic E-state index is 10.9. The first-order chi connectivity index (χ1) is 9.19. The summed E-state index contributed by atoms with van der Waals surface area (Å²) >= 11 is 0. The molecule has 19 heavy (non-hydrogen) atoms. The van der Waals surface area contributed by atoms with Crippen LogP contribution in [0.15, 0.2) is 24.3 Å². The van der Waals surface area contributed by atoms with Crippen LogP contribution in [-0.4, -0.2) is 48.3 Å². The molecule has 0 radical (unpaired) electrons. The fraction of sp³-hybridized carbons (Fsp3) is 0.500. The lowest BCUT2D eigenvalue weighted by atomic mass is 10.1. The Morgan fingerprint density at radius 1 is 1.53 bits per heavy atom. The number of nitrogens with zero attached hydrogens (tertiary/aromatic N) is 1. The van der Waals surface area contributed by atoms with E-state index in [1.165, 1.54) is 0 Å². The minimum atomic E-state index is -0.884. The molecule has 1 unspecified atom stereocenters. The molecule has 1 aromatic carbocycles. The quantitative estimate of drug-likeness (QED) is 0.827. The molecule has 0 aromatic heterocycles. The second-order valence-electron chi connectivity index (χ2n) is 4.81. The average Bonchev–Trinajstić information content (AvgIpc) is 2.40. The summed E-state index contributed by atoms with van der Waals surface area (Å²) in [5, 5.41) is 8.98. The van der Waals surface area contributed by atoms with E-state index < -0.39 is 5.97 Å². The Bertz CT molecular complexity index is 434. The van der Waals surface area contributed by atoms with Gasteiger partial charge in [-0.05, 0) is 30.7 Å². The van der Waals surface area contributed by atoms with Gasteiger partial charge in [0.15, 0.2) is 0 Å². The van der Waals surface area contributed by atoms with Gasteiger partial charge in [0.25, 0.3) is 0 Å². The Kier molecular flexibility index (Phi) is 4.90. The Hall–Kier alpha value is -1.43. The topological polar surface area (TPSA) is 75.8 Å². The molecule has 1 saturated heterocycles. The van der Waals surface area contributed by atoms with Crippen LogP contribution < -0.4 is 5.73 Å². The third kappa shape index (κ3) is 4.02. The van der Waals surface area contributed by atoms with Crippen LogP contribution in [0.4, 0.5) is 0 Å². The second-order valence-corrected chi connectivity index (χ2v) is 4.81. The summed E-state index contributed by atoms with van der Waals surface area (Å²) < 4.78 is 5.63. The predicted molar refractivity (Wildman–Crippen MR) is 72.1 cm³/mol. The smallest absolute Gasteiger partial charge is 0.335 e. The summed E-state index contributed by atoms with van der Waals surface area (Å²) in [5.41, 5.74) is 6.91. The molecule has 104 valence electrons. The molecule has 5 nitrogen and oxygen atoms in total. The number of rotatable bonds is 5. The van der Waals surface area contributed by atoms with E-state index in [4.69, 9.17) is 15.6 Å². The van der Waals surface area contributed by atoms with Gasteiger partial charge >= 0.3 is 5.97 Å². The van der Waals surface area contributed by atoms with Gasteiger partial charge in [-0.2, -0.15) is 0 Å². The molecule has 1 atom stereocenters. The number of nitrogens with two attached hydrogens (primary N) is 1. The van der Waals surface area contributed by atoms with Gasteiger partial charge in [-0.15, -0.1) is 0 Å². The van der Waals surface area contributed by atoms with Crippen LogP contribution in [0.2, 0.25) is 0 Å². The van der Waals surface area contributed by atoms with Crippen LogP contribution in [-0.2, 0) is 11.3 Å². The molecule has 1 aliphatic rings. The Balaban J connectivity index is 1.96. The van der Waals surface area contributed by atoms with E-state index in [1.807, 2.05) is 6.07 Å². The van der Waals surface area contributed by atoms with Crippen molar-refractivity contribution in [3.63, 3.8) is 0 Å². The normalized spacial score (nSPS) is 20.4. The third-order valence-electron chi connectivity index (χ3n) is 3.29. The maximum atomic E-state index is 10.9. The van der Waals surface area contributed by atoms with E-state index in [2.05, 4.69) is 4.90 Å². The fourth-order valence-corrected chi connectivity index (χ4v) is 2.35. The molecule has 1 aliphatic heterocycles. The minimum Gasteiger partial charge on any atom is -0.478 e. The number of aromatic carboxylic acids is 1. The second kappa shape index (κ2) is 6.65. The SMILES string of the molecule is NCCC1CN(Cc2cccc(C(=O)O)c2)CCO1. The highest BCUT2D eigenvalue weighted by molar-refractivity contribution is 5.87. The molecule has 1 fully saturated rings. The minimum absolute atomic E-state index is 0.196. The first kappa shape index (κ1) is 14.0. The van der Waals surface area contributed by atoms with E-state index in [9.17, 15) is 4.79 Å². The fourth-order valence-electron chi connectivity index (χ4n) is 2.35. The lowest BCUT2D eigenvalue weighted by molar-refractivity contribution is -0.0335. The monoisotopic (exact) mass is 264 g/mol. The lowest BCUT2D eigenvalue weighted by Gasteiger charge is -2.32. The number of carboxylic acid groups (broad SMARTS) is 1. The molecule has 0 amide bonds. The van der Waals surface area contributed by atoms with Crippen LogP contribution in [0.1, 0.15) is 22.3 Å². The van der Waals surface area contributed by atoms with Crippen molar-refractivity contribution in [1.29, 1.82) is 0 Å². The molecule has 3 N–H and O–H groups in total. The Morgan fingerprint density at radius 3 is 3.11 bits per heavy atom. The number of hydrogen-bond donors (Lipinski definition) is 2. The molecular formula is C14H20N2O3. The summed E-state index contributed by atoms with van der Waals surface area (Å²) in [6.07, 6.45) is 1.06. The van der Waals surface area contributed by atoms with Crippen LogP contribution in [0.5, 0.6) is 0 Å². The van der Waals surface area contributed by atoms with Crippen molar-refractivity contribution >= 4 is 5.97 Å². The van der Waals surface area contributed by atoms with Crippen LogP contribution >= 0.6 is 0 Å². The van der Waals surface area contributed by atoms with Gasteiger partial charge in [0.1, 0.15) is 0 Å². The van der Waals surface area contributed by atoms with E-state index >= 15 is 0 Å². The zero-order valence-electron chi connectivity index (χ0n) is 10.9. The van der Waals surface area contributed by atoms with Crippen molar-refractivity contribution in [3.05, 3.63) is 35.4 Å². The van der Waals surface area contributed by atoms with E-state index in [-0.39, 0.29) is 6.10 Å². The molecule has 2 rings (SSSR count). The highest BCUT2D eigenvalue weighted by Crippen LogP contribution is 2.13. The molecule has 0 spiro atoms. The van der Waals surface area contributed by atoms with E-state index in [1.54, 1.807) is 18.2 Å². The highest BCUT2D eigenvalue weighted by atomic mass is 16.5. The number of hydrogen-bond acceptors (Lipinski definition) is 4. The van der Waals surface area contributed by atoms with Gasteiger partial charge < -0.3 is 15.6 Å². The van der Waals surface area contributed by atoms with Gasteiger partial charge in [-0.25, -0.2) is 4.79 Å². The van der Waals surface area contributed by atoms with Crippen molar-refractivity contribution < 1.29 is 14.6 Å². The van der Waals surface area contributed by atoms with Crippen LogP contribution in [0.3, 0.4) is 0 Å². The van der Waals surface area contributed by atoms with Gasteiger partial charge in [0.05, 0.1) is 18.3 Å². The Morgan fingerprint density at radius 2 is 2.37 bits per heavy atom. The summed E-state index contributed by atoms with van der Waals surface area (Å²) in [7, 11) is 0. The zero-order chi connectivity index (χ0) is 13.7. The van der Waals surface area contributed by atoms with Crippen molar-refractivity contribution in [2.45, 2.75) is 19.1 Å². The molecule has 1 aromatic rings. The molecule has 0 bridgehead atoms. The summed E-state index contributed by atoms with van der Waals surface area (Å²) in [5.74, 6) is -0.884. The zero-order valence-corrected chi connectivity index (χ0v) is 10.9. The van der Waals surface area contributed by atoms with E-state index in [0.29, 0.717) is 18.7 Å². The lowest BCUT2D eigenvalue weighted by Crippen LogP contribution is -2.42. The average molecular weight is 264 g/mol. The predicted octanol–water partition coefficient (Wildman–Crippen LogP) is 0.934. The van der Waals surface area contributed by atoms with Gasteiger partial charge in [0, 0.05) is 19.6 Å². The largest absolute Gasteiger partial charge is 0.478 e. The van der Waals surface area contributed by atoms with Crippen molar-refractivity contribution in [1.82, 2.24) is 4.90 Å².